The number of para-hydroxylation sites is 1. The minimum atomic E-state index is 0.781. The second-order valence-corrected chi connectivity index (χ2v) is 4.73. The van der Waals surface area contributed by atoms with Crippen LogP contribution in [-0.4, -0.2) is 45.3 Å². The molecule has 0 amide bonds. The number of likely N-dealkylation sites (N-methyl/N-ethyl adjacent to an activating group) is 1. The van der Waals surface area contributed by atoms with Crippen LogP contribution in [-0.2, 0) is 11.3 Å². The zero-order valence-corrected chi connectivity index (χ0v) is 11.7. The molecule has 4 heteroatoms. The highest BCUT2D eigenvalue weighted by Crippen LogP contribution is 2.20. The standard InChI is InChI=1S/C15H22N2O2/c1-17(9-10-18-2)8-7-16-11-13-12-19-15-6-4-3-5-14(13)15/h3-6,12,16H,7-11H2,1-2H3. The van der Waals surface area contributed by atoms with Crippen LogP contribution in [0.2, 0.25) is 0 Å². The van der Waals surface area contributed by atoms with E-state index in [0.29, 0.717) is 0 Å². The van der Waals surface area contributed by atoms with Crippen LogP contribution >= 0.6 is 0 Å². The lowest BCUT2D eigenvalue weighted by Gasteiger charge is -2.15. The summed E-state index contributed by atoms with van der Waals surface area (Å²) in [5, 5.41) is 4.64. The maximum absolute atomic E-state index is 5.51. The van der Waals surface area contributed by atoms with Gasteiger partial charge in [0, 0.05) is 44.2 Å². The fourth-order valence-electron chi connectivity index (χ4n) is 2.02. The number of hydrogen-bond acceptors (Lipinski definition) is 4. The highest BCUT2D eigenvalue weighted by molar-refractivity contribution is 5.80. The molecular weight excluding hydrogens is 240 g/mol. The number of methoxy groups -OCH3 is 1. The van der Waals surface area contributed by atoms with E-state index in [0.717, 1.165) is 38.4 Å². The van der Waals surface area contributed by atoms with E-state index in [2.05, 4.69) is 23.3 Å². The summed E-state index contributed by atoms with van der Waals surface area (Å²) >= 11 is 0. The van der Waals surface area contributed by atoms with Gasteiger partial charge in [-0.15, -0.1) is 0 Å². The van der Waals surface area contributed by atoms with Crippen LogP contribution in [0.25, 0.3) is 11.0 Å². The van der Waals surface area contributed by atoms with Crippen molar-refractivity contribution in [3.63, 3.8) is 0 Å². The monoisotopic (exact) mass is 262 g/mol. The zero-order valence-electron chi connectivity index (χ0n) is 11.7. The highest BCUT2D eigenvalue weighted by Gasteiger charge is 2.04. The fraction of sp³-hybridized carbons (Fsp3) is 0.467. The number of hydrogen-bond donors (Lipinski definition) is 1. The van der Waals surface area contributed by atoms with Gasteiger partial charge in [0.25, 0.3) is 0 Å². The van der Waals surface area contributed by atoms with E-state index in [1.807, 2.05) is 24.5 Å². The molecule has 0 radical (unpaired) electrons. The topological polar surface area (TPSA) is 37.6 Å². The van der Waals surface area contributed by atoms with Crippen molar-refractivity contribution in [3.8, 4) is 0 Å². The third kappa shape index (κ3) is 4.06. The summed E-state index contributed by atoms with van der Waals surface area (Å²) in [4.78, 5) is 2.25. The van der Waals surface area contributed by atoms with Gasteiger partial charge in [-0.25, -0.2) is 0 Å². The van der Waals surface area contributed by atoms with E-state index >= 15 is 0 Å². The molecule has 0 saturated carbocycles. The Morgan fingerprint density at radius 2 is 2.11 bits per heavy atom. The highest BCUT2D eigenvalue weighted by atomic mass is 16.5. The van der Waals surface area contributed by atoms with Crippen molar-refractivity contribution in [1.29, 1.82) is 0 Å². The molecule has 2 aromatic rings. The van der Waals surface area contributed by atoms with Crippen LogP contribution in [0.4, 0.5) is 0 Å². The summed E-state index contributed by atoms with van der Waals surface area (Å²) in [7, 11) is 3.84. The molecule has 0 saturated heterocycles. The van der Waals surface area contributed by atoms with Gasteiger partial charge in [-0.05, 0) is 13.1 Å². The number of benzene rings is 1. The van der Waals surface area contributed by atoms with Gasteiger partial charge in [-0.1, -0.05) is 18.2 Å². The third-order valence-electron chi connectivity index (χ3n) is 3.22. The predicted octanol–water partition coefficient (Wildman–Crippen LogP) is 2.10. The molecule has 0 aliphatic rings. The van der Waals surface area contributed by atoms with E-state index in [-0.39, 0.29) is 0 Å². The van der Waals surface area contributed by atoms with Crippen molar-refractivity contribution in [1.82, 2.24) is 10.2 Å². The lowest BCUT2D eigenvalue weighted by atomic mass is 10.2. The lowest BCUT2D eigenvalue weighted by molar-refractivity contribution is 0.161. The van der Waals surface area contributed by atoms with Gasteiger partial charge in [-0.3, -0.25) is 0 Å². The van der Waals surface area contributed by atoms with Gasteiger partial charge in [-0.2, -0.15) is 0 Å². The van der Waals surface area contributed by atoms with Crippen molar-refractivity contribution >= 4 is 11.0 Å². The van der Waals surface area contributed by atoms with Crippen molar-refractivity contribution in [3.05, 3.63) is 36.1 Å². The van der Waals surface area contributed by atoms with Crippen molar-refractivity contribution in [2.45, 2.75) is 6.54 Å². The number of ether oxygens (including phenoxy) is 1. The second-order valence-electron chi connectivity index (χ2n) is 4.73. The summed E-state index contributed by atoms with van der Waals surface area (Å²) in [6.07, 6.45) is 1.84. The van der Waals surface area contributed by atoms with Gasteiger partial charge in [0.1, 0.15) is 5.58 Å². The molecule has 0 atom stereocenters. The van der Waals surface area contributed by atoms with Crippen LogP contribution in [0.3, 0.4) is 0 Å². The molecule has 0 unspecified atom stereocenters. The van der Waals surface area contributed by atoms with Crippen molar-refractivity contribution in [2.75, 3.05) is 40.4 Å². The maximum atomic E-state index is 5.51. The third-order valence-corrected chi connectivity index (χ3v) is 3.22. The smallest absolute Gasteiger partial charge is 0.134 e. The number of nitrogens with one attached hydrogen (secondary N) is 1. The van der Waals surface area contributed by atoms with Gasteiger partial charge >= 0.3 is 0 Å². The molecule has 19 heavy (non-hydrogen) atoms. The van der Waals surface area contributed by atoms with Gasteiger partial charge in [0.2, 0.25) is 0 Å². The Morgan fingerprint density at radius 3 is 2.95 bits per heavy atom. The molecule has 2 rings (SSSR count). The predicted molar refractivity (Wildman–Crippen MR) is 77.3 cm³/mol. The van der Waals surface area contributed by atoms with E-state index in [9.17, 15) is 0 Å². The first-order chi connectivity index (χ1) is 9.31. The fourth-order valence-corrected chi connectivity index (χ4v) is 2.02. The number of nitrogens with zero attached hydrogens (tertiary/aromatic N) is 1. The SMILES string of the molecule is COCCN(C)CCNCc1coc2ccccc12. The Kier molecular flexibility index (Phi) is 5.39. The van der Waals surface area contributed by atoms with Crippen LogP contribution in [0, 0.1) is 0 Å². The Balaban J connectivity index is 1.74. The largest absolute Gasteiger partial charge is 0.464 e. The van der Waals surface area contributed by atoms with Gasteiger partial charge < -0.3 is 19.4 Å². The Hall–Kier alpha value is -1.36. The first kappa shape index (κ1) is 14.1. The molecule has 104 valence electrons. The van der Waals surface area contributed by atoms with Gasteiger partial charge in [0.05, 0.1) is 12.9 Å². The first-order valence-electron chi connectivity index (χ1n) is 6.64. The first-order valence-corrected chi connectivity index (χ1v) is 6.64. The molecule has 1 aromatic heterocycles. The van der Waals surface area contributed by atoms with E-state index in [1.165, 1.54) is 10.9 Å². The Morgan fingerprint density at radius 1 is 1.26 bits per heavy atom. The zero-order chi connectivity index (χ0) is 13.5. The Bertz CT molecular complexity index is 496. The summed E-state index contributed by atoms with van der Waals surface area (Å²) < 4.78 is 10.6. The van der Waals surface area contributed by atoms with Crippen LogP contribution in [0.1, 0.15) is 5.56 Å². The molecule has 0 aliphatic carbocycles. The number of furan rings is 1. The van der Waals surface area contributed by atoms with E-state index in [1.54, 1.807) is 7.11 Å². The van der Waals surface area contributed by atoms with Crippen LogP contribution < -0.4 is 5.32 Å². The molecular formula is C15H22N2O2. The summed E-state index contributed by atoms with van der Waals surface area (Å²) in [5.74, 6) is 0. The molecule has 1 aromatic carbocycles. The summed E-state index contributed by atoms with van der Waals surface area (Å²) in [6, 6.07) is 8.13. The molecule has 0 aliphatic heterocycles. The minimum absolute atomic E-state index is 0.781. The molecule has 0 fully saturated rings. The average molecular weight is 262 g/mol. The maximum Gasteiger partial charge on any atom is 0.134 e. The minimum Gasteiger partial charge on any atom is -0.464 e. The molecule has 4 nitrogen and oxygen atoms in total. The van der Waals surface area contributed by atoms with Crippen molar-refractivity contribution in [2.24, 2.45) is 0 Å². The molecule has 0 spiro atoms. The molecule has 1 N–H and O–H groups in total. The van der Waals surface area contributed by atoms with E-state index < -0.39 is 0 Å². The summed E-state index contributed by atoms with van der Waals surface area (Å²) in [5.41, 5.74) is 2.17. The molecule has 1 heterocycles. The Labute approximate surface area is 114 Å². The second kappa shape index (κ2) is 7.28. The van der Waals surface area contributed by atoms with Crippen LogP contribution in [0.15, 0.2) is 34.9 Å². The normalized spacial score (nSPS) is 11.5. The number of fused-ring (bicyclic) bond motifs is 1. The number of rotatable bonds is 8. The average Bonchev–Trinajstić information content (AvgIpc) is 2.85. The van der Waals surface area contributed by atoms with Crippen LogP contribution in [0.5, 0.6) is 0 Å². The summed E-state index contributed by atoms with van der Waals surface area (Å²) in [6.45, 7) is 4.56. The van der Waals surface area contributed by atoms with Crippen molar-refractivity contribution < 1.29 is 9.15 Å². The quantitative estimate of drug-likeness (QED) is 0.739. The van der Waals surface area contributed by atoms with Gasteiger partial charge in [0.15, 0.2) is 0 Å². The van der Waals surface area contributed by atoms with E-state index in [4.69, 9.17) is 9.15 Å². The lowest BCUT2D eigenvalue weighted by Crippen LogP contribution is -2.31. The molecule has 0 bridgehead atoms.